The first-order valence-corrected chi connectivity index (χ1v) is 9.94. The van der Waals surface area contributed by atoms with Crippen LogP contribution >= 0.6 is 11.3 Å². The molecule has 6 nitrogen and oxygen atoms in total. The molecule has 142 valence electrons. The van der Waals surface area contributed by atoms with Crippen LogP contribution in [-0.2, 0) is 0 Å². The van der Waals surface area contributed by atoms with Gasteiger partial charge in [0.2, 0.25) is 0 Å². The van der Waals surface area contributed by atoms with Crippen molar-refractivity contribution in [2.45, 2.75) is 12.5 Å². The lowest BCUT2D eigenvalue weighted by Gasteiger charge is -2.18. The van der Waals surface area contributed by atoms with Crippen LogP contribution in [0.5, 0.6) is 11.5 Å². The average molecular weight is 393 g/mol. The second kappa shape index (κ2) is 6.25. The van der Waals surface area contributed by atoms with Gasteiger partial charge in [0.1, 0.15) is 4.70 Å². The molecule has 1 fully saturated rings. The smallest absolute Gasteiger partial charge is 0.266 e. The van der Waals surface area contributed by atoms with E-state index in [0.717, 1.165) is 51.9 Å². The maximum Gasteiger partial charge on any atom is 0.266 e. The maximum absolute atomic E-state index is 12.6. The van der Waals surface area contributed by atoms with E-state index in [1.807, 2.05) is 18.2 Å². The number of nitrogens with one attached hydrogen (secondary N) is 1. The van der Waals surface area contributed by atoms with Gasteiger partial charge in [0.05, 0.1) is 0 Å². The van der Waals surface area contributed by atoms with Crippen LogP contribution in [0.4, 0.5) is 5.69 Å². The van der Waals surface area contributed by atoms with E-state index in [1.54, 1.807) is 6.07 Å². The molecule has 0 saturated carbocycles. The van der Waals surface area contributed by atoms with Gasteiger partial charge in [-0.2, -0.15) is 0 Å². The molecule has 0 aliphatic carbocycles. The minimum atomic E-state index is -0.179. The van der Waals surface area contributed by atoms with Gasteiger partial charge in [-0.3, -0.25) is 4.79 Å². The average Bonchev–Trinajstić information content (AvgIpc) is 3.31. The van der Waals surface area contributed by atoms with Crippen molar-refractivity contribution in [2.75, 3.05) is 18.0 Å². The highest BCUT2D eigenvalue weighted by molar-refractivity contribution is 7.22. The summed E-state index contributed by atoms with van der Waals surface area (Å²) in [5.41, 5.74) is 8.57. The van der Waals surface area contributed by atoms with Crippen LogP contribution in [-0.4, -0.2) is 34.3 Å². The normalized spacial score (nSPS) is 17.0. The summed E-state index contributed by atoms with van der Waals surface area (Å²) in [6, 6.07) is 12.9. The minimum absolute atomic E-state index is 0.127. The number of pyridine rings is 1. The Morgan fingerprint density at radius 1 is 1.07 bits per heavy atom. The fourth-order valence-electron chi connectivity index (χ4n) is 3.84. The number of aromatic hydroxyl groups is 2. The second-order valence-corrected chi connectivity index (χ2v) is 8.29. The zero-order valence-electron chi connectivity index (χ0n) is 15.0. The first kappa shape index (κ1) is 17.1. The standard InChI is InChI=1S/C21H19N3O3S/c22-12-5-6-24(10-12)13-2-3-16-14(8-13)15-9-19(28-20(15)21(27)23-16)11-1-4-17(25)18(26)7-11/h1-4,7-9,12,25-26H,5-6,10,22H2,(H,23,27)/t12-/m1/s1. The highest BCUT2D eigenvalue weighted by atomic mass is 32.1. The number of aromatic nitrogens is 1. The first-order valence-electron chi connectivity index (χ1n) is 9.12. The number of anilines is 1. The summed E-state index contributed by atoms with van der Waals surface area (Å²) in [4.78, 5) is 18.7. The number of H-pyrrole nitrogens is 1. The molecule has 0 unspecified atom stereocenters. The van der Waals surface area contributed by atoms with Crippen LogP contribution in [0.1, 0.15) is 6.42 Å². The van der Waals surface area contributed by atoms with Crippen molar-refractivity contribution in [1.29, 1.82) is 0 Å². The zero-order chi connectivity index (χ0) is 19.4. The Morgan fingerprint density at radius 2 is 1.93 bits per heavy atom. The highest BCUT2D eigenvalue weighted by Gasteiger charge is 2.20. The molecule has 5 rings (SSSR count). The molecule has 1 aliphatic heterocycles. The number of phenols is 2. The number of aromatic amines is 1. The monoisotopic (exact) mass is 393 g/mol. The number of phenolic OH excluding ortho intramolecular Hbond substituents is 2. The zero-order valence-corrected chi connectivity index (χ0v) is 15.8. The number of rotatable bonds is 2. The summed E-state index contributed by atoms with van der Waals surface area (Å²) in [5, 5.41) is 21.2. The van der Waals surface area contributed by atoms with E-state index in [2.05, 4.69) is 16.0 Å². The third kappa shape index (κ3) is 2.71. The van der Waals surface area contributed by atoms with Gasteiger partial charge in [-0.05, 0) is 54.4 Å². The molecule has 2 aromatic heterocycles. The Bertz CT molecular complexity index is 1280. The van der Waals surface area contributed by atoms with E-state index in [-0.39, 0.29) is 23.1 Å². The van der Waals surface area contributed by atoms with Crippen molar-refractivity contribution in [3.8, 4) is 21.9 Å². The number of nitrogens with zero attached hydrogens (tertiary/aromatic N) is 1. The number of thiophene rings is 1. The van der Waals surface area contributed by atoms with Gasteiger partial charge in [0.25, 0.3) is 5.56 Å². The maximum atomic E-state index is 12.6. The van der Waals surface area contributed by atoms with Crippen LogP contribution in [0, 0.1) is 0 Å². The summed E-state index contributed by atoms with van der Waals surface area (Å²) in [6.07, 6.45) is 0.978. The Kier molecular flexibility index (Phi) is 3.82. The second-order valence-electron chi connectivity index (χ2n) is 7.24. The van der Waals surface area contributed by atoms with Crippen LogP contribution < -0.4 is 16.2 Å². The third-order valence-electron chi connectivity index (χ3n) is 5.33. The molecule has 1 aliphatic rings. The van der Waals surface area contributed by atoms with Crippen molar-refractivity contribution < 1.29 is 10.2 Å². The van der Waals surface area contributed by atoms with Crippen molar-refractivity contribution in [1.82, 2.24) is 4.98 Å². The van der Waals surface area contributed by atoms with E-state index < -0.39 is 0 Å². The molecule has 5 N–H and O–H groups in total. The van der Waals surface area contributed by atoms with E-state index in [4.69, 9.17) is 5.73 Å². The highest BCUT2D eigenvalue weighted by Crippen LogP contribution is 2.38. The molecule has 0 radical (unpaired) electrons. The van der Waals surface area contributed by atoms with Crippen molar-refractivity contribution >= 4 is 38.0 Å². The predicted octanol–water partition coefficient (Wildman–Crippen LogP) is 3.36. The molecule has 7 heteroatoms. The van der Waals surface area contributed by atoms with Gasteiger partial charge in [-0.15, -0.1) is 11.3 Å². The van der Waals surface area contributed by atoms with Crippen LogP contribution in [0.2, 0.25) is 0 Å². The summed E-state index contributed by atoms with van der Waals surface area (Å²) in [5.74, 6) is -0.344. The fourth-order valence-corrected chi connectivity index (χ4v) is 4.90. The van der Waals surface area contributed by atoms with E-state index in [0.29, 0.717) is 4.70 Å². The number of fused-ring (bicyclic) bond motifs is 3. The number of nitrogens with two attached hydrogens (primary N) is 1. The van der Waals surface area contributed by atoms with Gasteiger partial charge in [-0.1, -0.05) is 0 Å². The molecule has 2 aromatic carbocycles. The Labute approximate surface area is 164 Å². The summed E-state index contributed by atoms with van der Waals surface area (Å²) in [7, 11) is 0. The lowest BCUT2D eigenvalue weighted by atomic mass is 10.1. The molecule has 0 bridgehead atoms. The molecular formula is C21H19N3O3S. The molecule has 4 aromatic rings. The number of hydrogen-bond donors (Lipinski definition) is 4. The molecule has 0 amide bonds. The third-order valence-corrected chi connectivity index (χ3v) is 6.51. The topological polar surface area (TPSA) is 103 Å². The molecule has 3 heterocycles. The van der Waals surface area contributed by atoms with E-state index >= 15 is 0 Å². The fraction of sp³-hybridized carbons (Fsp3) is 0.190. The molecule has 28 heavy (non-hydrogen) atoms. The molecule has 1 saturated heterocycles. The lowest BCUT2D eigenvalue weighted by Crippen LogP contribution is -2.26. The molecule has 1 atom stereocenters. The SMILES string of the molecule is N[C@@H]1CCN(c2ccc3[nH]c(=O)c4sc(-c5ccc(O)c(O)c5)cc4c3c2)C1. The summed E-state index contributed by atoms with van der Waals surface area (Å²) < 4.78 is 0.644. The Morgan fingerprint density at radius 3 is 2.68 bits per heavy atom. The van der Waals surface area contributed by atoms with Gasteiger partial charge < -0.3 is 25.8 Å². The summed E-state index contributed by atoms with van der Waals surface area (Å²) in [6.45, 7) is 1.76. The van der Waals surface area contributed by atoms with Crippen LogP contribution in [0.25, 0.3) is 31.4 Å². The van der Waals surface area contributed by atoms with Crippen molar-refractivity contribution in [3.63, 3.8) is 0 Å². The quantitative estimate of drug-likeness (QED) is 0.391. The van der Waals surface area contributed by atoms with Gasteiger partial charge in [0, 0.05) is 46.0 Å². The lowest BCUT2D eigenvalue weighted by molar-refractivity contribution is 0.404. The number of benzene rings is 2. The largest absolute Gasteiger partial charge is 0.504 e. The number of hydrogen-bond acceptors (Lipinski definition) is 6. The predicted molar refractivity (Wildman–Crippen MR) is 114 cm³/mol. The van der Waals surface area contributed by atoms with Gasteiger partial charge in [-0.25, -0.2) is 0 Å². The van der Waals surface area contributed by atoms with E-state index in [1.165, 1.54) is 23.5 Å². The van der Waals surface area contributed by atoms with Gasteiger partial charge >= 0.3 is 0 Å². The molecular weight excluding hydrogens is 374 g/mol. The van der Waals surface area contributed by atoms with Crippen LogP contribution in [0.15, 0.2) is 47.3 Å². The molecule has 0 spiro atoms. The Balaban J connectivity index is 1.70. The Hall–Kier alpha value is -3.03. The summed E-state index contributed by atoms with van der Waals surface area (Å²) >= 11 is 1.37. The van der Waals surface area contributed by atoms with E-state index in [9.17, 15) is 15.0 Å². The van der Waals surface area contributed by atoms with Crippen molar-refractivity contribution in [3.05, 3.63) is 52.8 Å². The van der Waals surface area contributed by atoms with Crippen LogP contribution in [0.3, 0.4) is 0 Å². The van der Waals surface area contributed by atoms with Crippen molar-refractivity contribution in [2.24, 2.45) is 5.73 Å². The minimum Gasteiger partial charge on any atom is -0.504 e. The van der Waals surface area contributed by atoms with Gasteiger partial charge in [0.15, 0.2) is 11.5 Å². The first-order chi connectivity index (χ1) is 13.5.